The van der Waals surface area contributed by atoms with Gasteiger partial charge in [0.1, 0.15) is 0 Å². The Labute approximate surface area is 98.1 Å². The summed E-state index contributed by atoms with van der Waals surface area (Å²) in [6.07, 6.45) is 3.74. The van der Waals surface area contributed by atoms with Gasteiger partial charge in [-0.2, -0.15) is 0 Å². The van der Waals surface area contributed by atoms with Crippen LogP contribution in [0.25, 0.3) is 0 Å². The van der Waals surface area contributed by atoms with Gasteiger partial charge in [-0.15, -0.1) is 0 Å². The van der Waals surface area contributed by atoms with Gasteiger partial charge in [-0.1, -0.05) is 6.42 Å². The Bertz CT molecular complexity index is 309. The van der Waals surface area contributed by atoms with Gasteiger partial charge in [-0.25, -0.2) is 14.0 Å². The van der Waals surface area contributed by atoms with Crippen LogP contribution in [0.3, 0.4) is 0 Å². The van der Waals surface area contributed by atoms with E-state index in [4.69, 9.17) is 0 Å². The van der Waals surface area contributed by atoms with Crippen LogP contribution in [0.4, 0.5) is 0 Å². The summed E-state index contributed by atoms with van der Waals surface area (Å²) in [5.41, 5.74) is 0. The van der Waals surface area contributed by atoms with Gasteiger partial charge in [0.15, 0.2) is 0 Å². The van der Waals surface area contributed by atoms with Crippen LogP contribution in [0.2, 0.25) is 0 Å². The van der Waals surface area contributed by atoms with E-state index in [9.17, 15) is 4.57 Å². The second-order valence-corrected chi connectivity index (χ2v) is 8.09. The molecule has 5 atom stereocenters. The minimum Gasteiger partial charge on any atom is -0.270 e. The first-order valence-corrected chi connectivity index (χ1v) is 8.10. The van der Waals surface area contributed by atoms with E-state index in [0.29, 0.717) is 12.1 Å². The van der Waals surface area contributed by atoms with E-state index in [-0.39, 0.29) is 0 Å². The van der Waals surface area contributed by atoms with Crippen molar-refractivity contribution in [3.8, 4) is 0 Å². The van der Waals surface area contributed by atoms with Gasteiger partial charge < -0.3 is 0 Å². The summed E-state index contributed by atoms with van der Waals surface area (Å²) in [6, 6.07) is 1.06. The number of hydrogen-bond acceptors (Lipinski definition) is 1. The summed E-state index contributed by atoms with van der Waals surface area (Å²) in [7, 11) is -2.33. The van der Waals surface area contributed by atoms with Crippen LogP contribution in [-0.2, 0) is 4.57 Å². The lowest BCUT2D eigenvalue weighted by Crippen LogP contribution is -2.33. The number of piperidine rings is 1. The van der Waals surface area contributed by atoms with E-state index >= 15 is 0 Å². The van der Waals surface area contributed by atoms with Crippen molar-refractivity contribution in [2.45, 2.75) is 45.2 Å². The predicted octanol–water partition coefficient (Wildman–Crippen LogP) is 1.99. The lowest BCUT2D eigenvalue weighted by molar-refractivity contribution is 0.311. The fourth-order valence-electron chi connectivity index (χ4n) is 2.78. The Morgan fingerprint density at radius 2 is 1.38 bits per heavy atom. The fraction of sp³-hybridized carbons (Fsp3) is 1.00. The highest BCUT2D eigenvalue weighted by Gasteiger charge is 2.57. The number of rotatable bonds is 3. The quantitative estimate of drug-likeness (QED) is 0.559. The highest BCUT2D eigenvalue weighted by atomic mass is 31.2. The highest BCUT2D eigenvalue weighted by Crippen LogP contribution is 2.66. The van der Waals surface area contributed by atoms with Gasteiger partial charge in [0.2, 0.25) is 0 Å². The fourth-order valence-corrected chi connectivity index (χ4v) is 6.46. The zero-order chi connectivity index (χ0) is 11.3. The third-order valence-corrected chi connectivity index (χ3v) is 7.61. The SMILES string of the molecule is C[C@@H]1CN1P(=O)(N1CCCCC1)N1C[C@@H]1C. The predicted molar refractivity (Wildman–Crippen MR) is 65.4 cm³/mol. The molecule has 3 saturated heterocycles. The molecule has 0 aromatic heterocycles. The zero-order valence-electron chi connectivity index (χ0n) is 10.3. The first kappa shape index (κ1) is 11.2. The standard InChI is InChI=1S/C11H22N3OP/c1-10-8-13(10)16(15,14-9-11(14)2)12-6-4-3-5-7-12/h10-11H,3-9H2,1-2H3/t10-,11+,13?,14?,16?. The van der Waals surface area contributed by atoms with Crippen LogP contribution in [0, 0.1) is 0 Å². The van der Waals surface area contributed by atoms with Crippen LogP contribution < -0.4 is 0 Å². The largest absolute Gasteiger partial charge is 0.287 e. The molecule has 0 bridgehead atoms. The molecular formula is C11H22N3OP. The van der Waals surface area contributed by atoms with Crippen molar-refractivity contribution >= 4 is 7.59 Å². The minimum absolute atomic E-state index is 0.528. The van der Waals surface area contributed by atoms with Crippen LogP contribution in [0.1, 0.15) is 33.1 Å². The molecule has 0 aliphatic carbocycles. The van der Waals surface area contributed by atoms with E-state index in [1.165, 1.54) is 19.3 Å². The molecule has 3 rings (SSSR count). The third kappa shape index (κ3) is 1.67. The number of hydrogen-bond donors (Lipinski definition) is 0. The smallest absolute Gasteiger partial charge is 0.270 e. The average Bonchev–Trinajstić information content (AvgIpc) is 3.18. The van der Waals surface area contributed by atoms with E-state index < -0.39 is 7.59 Å². The average molecular weight is 243 g/mol. The maximum atomic E-state index is 13.3. The van der Waals surface area contributed by atoms with Gasteiger partial charge in [0.25, 0.3) is 7.59 Å². The van der Waals surface area contributed by atoms with Crippen molar-refractivity contribution in [3.63, 3.8) is 0 Å². The topological polar surface area (TPSA) is 26.3 Å². The Kier molecular flexibility index (Phi) is 2.67. The molecular weight excluding hydrogens is 221 g/mol. The first-order chi connectivity index (χ1) is 7.64. The molecule has 4 nitrogen and oxygen atoms in total. The Morgan fingerprint density at radius 3 is 1.75 bits per heavy atom. The van der Waals surface area contributed by atoms with E-state index in [1.54, 1.807) is 0 Å². The molecule has 0 amide bonds. The lowest BCUT2D eigenvalue weighted by atomic mass is 10.2. The maximum absolute atomic E-state index is 13.3. The van der Waals surface area contributed by atoms with E-state index in [1.807, 2.05) is 0 Å². The summed E-state index contributed by atoms with van der Waals surface area (Å²) in [5.74, 6) is 0. The maximum Gasteiger partial charge on any atom is 0.287 e. The van der Waals surface area contributed by atoms with Crippen molar-refractivity contribution < 1.29 is 4.57 Å². The van der Waals surface area contributed by atoms with Crippen LogP contribution >= 0.6 is 7.59 Å². The Morgan fingerprint density at radius 1 is 0.938 bits per heavy atom. The minimum atomic E-state index is -2.33. The Balaban J connectivity index is 1.81. The van der Waals surface area contributed by atoms with Crippen LogP contribution in [-0.4, -0.2) is 52.3 Å². The van der Waals surface area contributed by atoms with Crippen LogP contribution in [0.15, 0.2) is 0 Å². The van der Waals surface area contributed by atoms with Crippen molar-refractivity contribution in [1.82, 2.24) is 14.0 Å². The number of nitrogens with zero attached hydrogens (tertiary/aromatic N) is 3. The van der Waals surface area contributed by atoms with E-state index in [2.05, 4.69) is 27.9 Å². The summed E-state index contributed by atoms with van der Waals surface area (Å²) in [5, 5.41) is 0. The molecule has 3 aliphatic heterocycles. The van der Waals surface area contributed by atoms with Crippen molar-refractivity contribution in [2.24, 2.45) is 0 Å². The Hall–Kier alpha value is 0.110. The molecule has 0 aromatic rings. The summed E-state index contributed by atoms with van der Waals surface area (Å²) in [6.45, 7) is 8.48. The van der Waals surface area contributed by atoms with Gasteiger partial charge in [-0.3, -0.25) is 4.57 Å². The molecule has 92 valence electrons. The second kappa shape index (κ2) is 3.81. The van der Waals surface area contributed by atoms with Gasteiger partial charge in [0, 0.05) is 38.3 Å². The summed E-state index contributed by atoms with van der Waals surface area (Å²) in [4.78, 5) is 0. The lowest BCUT2D eigenvalue weighted by Gasteiger charge is -2.36. The monoisotopic (exact) mass is 243 g/mol. The van der Waals surface area contributed by atoms with Crippen LogP contribution in [0.5, 0.6) is 0 Å². The highest BCUT2D eigenvalue weighted by molar-refractivity contribution is 7.57. The molecule has 3 aliphatic rings. The van der Waals surface area contributed by atoms with Gasteiger partial charge in [0.05, 0.1) is 0 Å². The van der Waals surface area contributed by atoms with Crippen molar-refractivity contribution in [1.29, 1.82) is 0 Å². The first-order valence-electron chi connectivity index (χ1n) is 6.54. The summed E-state index contributed by atoms with van der Waals surface area (Å²) < 4.78 is 20.0. The molecule has 16 heavy (non-hydrogen) atoms. The molecule has 5 heteroatoms. The molecule has 3 fully saturated rings. The molecule has 0 radical (unpaired) electrons. The third-order valence-electron chi connectivity index (χ3n) is 4.02. The van der Waals surface area contributed by atoms with Gasteiger partial charge in [-0.05, 0) is 26.7 Å². The summed E-state index contributed by atoms with van der Waals surface area (Å²) >= 11 is 0. The molecule has 0 saturated carbocycles. The van der Waals surface area contributed by atoms with Gasteiger partial charge >= 0.3 is 0 Å². The zero-order valence-corrected chi connectivity index (χ0v) is 11.2. The molecule has 3 unspecified atom stereocenters. The molecule has 0 spiro atoms. The molecule has 0 N–H and O–H groups in total. The van der Waals surface area contributed by atoms with E-state index in [0.717, 1.165) is 26.2 Å². The molecule has 0 aromatic carbocycles. The molecule has 3 heterocycles. The second-order valence-electron chi connectivity index (χ2n) is 5.47. The van der Waals surface area contributed by atoms with Crippen molar-refractivity contribution in [2.75, 3.05) is 26.2 Å². The van der Waals surface area contributed by atoms with Crippen molar-refractivity contribution in [3.05, 3.63) is 0 Å². The normalized spacial score (nSPS) is 47.4.